The number of phenols is 2. The summed E-state index contributed by atoms with van der Waals surface area (Å²) in [5.41, 5.74) is -3.70. The van der Waals surface area contributed by atoms with E-state index in [1.54, 1.807) is 17.8 Å². The maximum absolute atomic E-state index is 14.2. The number of nitro groups is 1. The second-order valence-electron chi connectivity index (χ2n) is 20.0. The zero-order chi connectivity index (χ0) is 59.0. The van der Waals surface area contributed by atoms with Crippen LogP contribution >= 0.6 is 0 Å². The molecular formula is C54H64N6O22. The fourth-order valence-corrected chi connectivity index (χ4v) is 10.9. The van der Waals surface area contributed by atoms with Gasteiger partial charge in [0.05, 0.1) is 124 Å². The van der Waals surface area contributed by atoms with E-state index in [9.17, 15) is 59.3 Å². The number of carbonyl (C=O) groups is 6. The summed E-state index contributed by atoms with van der Waals surface area (Å²) in [6, 6.07) is 5.90. The van der Waals surface area contributed by atoms with Crippen molar-refractivity contribution in [1.29, 1.82) is 0 Å². The maximum atomic E-state index is 14.2. The van der Waals surface area contributed by atoms with E-state index in [0.29, 0.717) is 38.5 Å². The monoisotopic (exact) mass is 1150 g/mol. The van der Waals surface area contributed by atoms with Crippen LogP contribution in [0.2, 0.25) is 0 Å². The highest BCUT2D eigenvalue weighted by Crippen LogP contribution is 2.54. The van der Waals surface area contributed by atoms with E-state index in [0.717, 1.165) is 6.07 Å². The van der Waals surface area contributed by atoms with E-state index in [1.807, 2.05) is 0 Å². The largest absolute Gasteiger partial charge is 0.507 e. The van der Waals surface area contributed by atoms with E-state index >= 15 is 0 Å². The van der Waals surface area contributed by atoms with Gasteiger partial charge in [-0.2, -0.15) is 0 Å². The lowest BCUT2D eigenvalue weighted by molar-refractivity contribution is -0.386. The summed E-state index contributed by atoms with van der Waals surface area (Å²) < 4.78 is 52.8. The number of nitrogens with one attached hydrogen (secondary N) is 1. The Morgan fingerprint density at radius 3 is 2.35 bits per heavy atom. The number of hydrogen-bond acceptors (Lipinski definition) is 23. The average Bonchev–Trinajstić information content (AvgIpc) is 4.14. The summed E-state index contributed by atoms with van der Waals surface area (Å²) in [6.07, 6.45) is -3.48. The lowest BCUT2D eigenvalue weighted by atomic mass is 9.67. The van der Waals surface area contributed by atoms with Crippen molar-refractivity contribution in [2.24, 2.45) is 0 Å². The third-order valence-electron chi connectivity index (χ3n) is 14.8. The number of rotatable bonds is 27. The molecule has 0 bridgehead atoms. The summed E-state index contributed by atoms with van der Waals surface area (Å²) >= 11 is 0. The molecule has 2 aliphatic carbocycles. The number of carboxylic acid groups (broad SMARTS) is 1. The summed E-state index contributed by atoms with van der Waals surface area (Å²) in [5.74, 6) is -6.59. The Morgan fingerprint density at radius 1 is 0.951 bits per heavy atom. The van der Waals surface area contributed by atoms with Crippen molar-refractivity contribution in [3.63, 3.8) is 0 Å². The number of hydrogen-bond donors (Lipinski definition) is 6. The predicted molar refractivity (Wildman–Crippen MR) is 278 cm³/mol. The predicted octanol–water partition coefficient (Wildman–Crippen LogP) is 2.47. The number of aromatic nitrogens is 3. The molecule has 4 aromatic rings. The quantitative estimate of drug-likeness (QED) is 0.0190. The number of aryl methyl sites for hydroxylation is 1. The number of amides is 2. The molecule has 1 aromatic heterocycles. The Hall–Kier alpha value is -7.86. The van der Waals surface area contributed by atoms with Gasteiger partial charge in [0.1, 0.15) is 48.4 Å². The third-order valence-corrected chi connectivity index (χ3v) is 14.8. The van der Waals surface area contributed by atoms with Gasteiger partial charge in [-0.15, -0.1) is 5.10 Å². The number of Topliss-reactive ketones (excluding diaryl/α,β-unsaturated/α-hetero) is 1. The second kappa shape index (κ2) is 26.4. The first-order valence-corrected chi connectivity index (χ1v) is 26.4. The topological polar surface area (TPSA) is 376 Å². The number of phenolic OH excluding ortho intramolecular Hbond substituents is 2. The van der Waals surface area contributed by atoms with E-state index in [2.05, 4.69) is 15.6 Å². The molecule has 0 radical (unpaired) electrons. The van der Waals surface area contributed by atoms with Crippen LogP contribution in [0.25, 0.3) is 0 Å². The highest BCUT2D eigenvalue weighted by molar-refractivity contribution is 6.31. The molecule has 6 N–H and O–H groups in total. The van der Waals surface area contributed by atoms with E-state index in [4.69, 9.17) is 47.7 Å². The molecule has 2 fully saturated rings. The summed E-state index contributed by atoms with van der Waals surface area (Å²) in [4.78, 5) is 91.8. The molecule has 82 heavy (non-hydrogen) atoms. The van der Waals surface area contributed by atoms with Crippen LogP contribution in [0.5, 0.6) is 28.7 Å². The molecule has 442 valence electrons. The molecule has 7 atom stereocenters. The minimum atomic E-state index is -2.29. The van der Waals surface area contributed by atoms with Crippen molar-refractivity contribution in [2.75, 3.05) is 80.4 Å². The van der Waals surface area contributed by atoms with Gasteiger partial charge >= 0.3 is 12.1 Å². The fraction of sp³-hybridized carbons (Fsp3) is 0.519. The molecule has 2 saturated heterocycles. The molecule has 2 amide bonds. The van der Waals surface area contributed by atoms with Crippen LogP contribution in [0.4, 0.5) is 10.5 Å². The minimum absolute atomic E-state index is 0.00768. The number of methoxy groups -OCH3 is 2. The van der Waals surface area contributed by atoms with E-state index in [1.165, 1.54) is 50.3 Å². The van der Waals surface area contributed by atoms with Crippen molar-refractivity contribution in [3.05, 3.63) is 91.3 Å². The van der Waals surface area contributed by atoms with Gasteiger partial charge in [-0.1, -0.05) is 17.3 Å². The highest BCUT2D eigenvalue weighted by atomic mass is 16.6. The van der Waals surface area contributed by atoms with Crippen LogP contribution in [0.3, 0.4) is 0 Å². The number of ketones is 3. The number of benzene rings is 3. The number of carboxylic acids is 1. The first-order chi connectivity index (χ1) is 39.3. The molecule has 3 aromatic carbocycles. The number of aliphatic hydroxyl groups excluding tert-OH is 1. The molecule has 28 nitrogen and oxygen atoms in total. The smallest absolute Gasteiger partial charge is 0.412 e. The van der Waals surface area contributed by atoms with Crippen LogP contribution < -0.4 is 19.5 Å². The summed E-state index contributed by atoms with van der Waals surface area (Å²) in [5, 5.41) is 77.4. The number of carbonyl (C=O) groups excluding carboxylic acids is 5. The molecule has 0 spiro atoms. The van der Waals surface area contributed by atoms with Crippen molar-refractivity contribution in [2.45, 2.75) is 101 Å². The molecule has 8 rings (SSSR count). The van der Waals surface area contributed by atoms with E-state index < -0.39 is 137 Å². The lowest BCUT2D eigenvalue weighted by Crippen LogP contribution is -2.52. The summed E-state index contributed by atoms with van der Waals surface area (Å²) in [6.45, 7) is 3.41. The van der Waals surface area contributed by atoms with Gasteiger partial charge in [-0.05, 0) is 51.2 Å². The van der Waals surface area contributed by atoms with Crippen molar-refractivity contribution in [1.82, 2.24) is 25.2 Å². The average molecular weight is 1150 g/mol. The van der Waals surface area contributed by atoms with Gasteiger partial charge in [0, 0.05) is 42.3 Å². The normalized spacial score (nSPS) is 21.1. The van der Waals surface area contributed by atoms with Crippen LogP contribution in [0.1, 0.15) is 106 Å². The Morgan fingerprint density at radius 2 is 1.66 bits per heavy atom. The second-order valence-corrected chi connectivity index (χ2v) is 20.0. The van der Waals surface area contributed by atoms with Crippen molar-refractivity contribution >= 4 is 41.0 Å². The standard InChI is InChI=1S/C54H64N6O22/c1-28(34-20-39(75-4)40(21-36(34)60(72)73)79-26-42(63)55-10-12-76-14-16-78-17-15-77-13-11-58-24-31(56-57-58)8-9-43(64)65)82-53(70)59-27-80-52-29(2)81-32(19-37(52)59)18-30-22-54(71,41(62)25-61)23-35-44(30)50(68)47-46(49(35)67)48(66)33-6-5-7-38(74-3)45(33)51(47)69/h5-7,20-21,24,28-30,32,37,52,61,67-68,71H,8-19,22-23,25-27H2,1-4H3,(H,55,63)(H,64,65)/t28?,29-,30-,32-,37-,52+,54+/m0/s1. The molecule has 28 heteroatoms. The first kappa shape index (κ1) is 60.2. The Labute approximate surface area is 468 Å². The number of aromatic hydroxyl groups is 2. The number of fused-ring (bicyclic) bond motifs is 4. The van der Waals surface area contributed by atoms with Gasteiger partial charge < -0.3 is 73.5 Å². The van der Waals surface area contributed by atoms with Gasteiger partial charge in [0.25, 0.3) is 11.6 Å². The zero-order valence-electron chi connectivity index (χ0n) is 45.4. The number of nitrogens with zero attached hydrogens (tertiary/aromatic N) is 5. The SMILES string of the molecule is COc1cc(C(C)OC(=O)N2CO[C@@H]3[C@H](C)O[C@@H](C[C@H]4C[C@](O)(C(=O)CO)Cc5c(O)c6c(c(O)c54)C(=O)c4c(OC)cccc4C6=O)C[C@@H]32)c([N+](=O)[O-])cc1OCC(=O)NCCOCCOCCOCCn1cc(CCC(=O)O)nn1. The Bertz CT molecular complexity index is 3080. The molecule has 0 saturated carbocycles. The zero-order valence-corrected chi connectivity index (χ0v) is 45.4. The van der Waals surface area contributed by atoms with Gasteiger partial charge in [0.2, 0.25) is 5.78 Å². The fourth-order valence-electron chi connectivity index (χ4n) is 10.9. The molecule has 2 aliphatic heterocycles. The molecule has 4 aliphatic rings. The lowest BCUT2D eigenvalue weighted by Gasteiger charge is -2.42. The Kier molecular flexibility index (Phi) is 19.4. The van der Waals surface area contributed by atoms with Crippen LogP contribution in [0, 0.1) is 10.1 Å². The number of aliphatic carboxylic acids is 1. The number of aliphatic hydroxyl groups is 2. The molecule has 3 heterocycles. The van der Waals surface area contributed by atoms with E-state index in [-0.39, 0.29) is 97.4 Å². The van der Waals surface area contributed by atoms with Gasteiger partial charge in [-0.3, -0.25) is 39.0 Å². The van der Waals surface area contributed by atoms with Crippen LogP contribution in [-0.2, 0) is 62.2 Å². The van der Waals surface area contributed by atoms with Crippen molar-refractivity contribution < 1.29 is 102 Å². The van der Waals surface area contributed by atoms with Crippen molar-refractivity contribution in [3.8, 4) is 28.7 Å². The Balaban J connectivity index is 0.844. The minimum Gasteiger partial charge on any atom is -0.507 e. The molecule has 1 unspecified atom stereocenters. The number of ether oxygens (including phenoxy) is 9. The number of nitro benzene ring substituents is 1. The third kappa shape index (κ3) is 13.1. The van der Waals surface area contributed by atoms with Crippen LogP contribution in [-0.4, -0.2) is 196 Å². The first-order valence-electron chi connectivity index (χ1n) is 26.4. The maximum Gasteiger partial charge on any atom is 0.412 e. The molecular weight excluding hydrogens is 1080 g/mol. The van der Waals surface area contributed by atoms with Crippen LogP contribution in [0.15, 0.2) is 36.5 Å². The van der Waals surface area contributed by atoms with Gasteiger partial charge in [-0.25, -0.2) is 9.48 Å². The van der Waals surface area contributed by atoms with Gasteiger partial charge in [0.15, 0.2) is 29.7 Å². The highest BCUT2D eigenvalue weighted by Gasteiger charge is 2.52. The summed E-state index contributed by atoms with van der Waals surface area (Å²) in [7, 11) is 2.59.